The highest BCUT2D eigenvalue weighted by atomic mass is 32.1. The molecule has 0 radical (unpaired) electrons. The van der Waals surface area contributed by atoms with Gasteiger partial charge in [-0.2, -0.15) is 5.10 Å². The quantitative estimate of drug-likeness (QED) is 0.716. The second-order valence-corrected chi connectivity index (χ2v) is 7.70. The molecule has 0 spiro atoms. The van der Waals surface area contributed by atoms with E-state index in [4.69, 9.17) is 14.2 Å². The predicted octanol–water partition coefficient (Wildman–Crippen LogP) is 2.92. The zero-order valence-electron chi connectivity index (χ0n) is 14.2. The molecule has 0 saturated carbocycles. The Hall–Kier alpha value is -2.65. The smallest absolute Gasteiger partial charge is 0.377 e. The van der Waals surface area contributed by atoms with Crippen molar-refractivity contribution in [2.45, 2.75) is 12.5 Å². The minimum Gasteiger partial charge on any atom is -0.493 e. The van der Waals surface area contributed by atoms with Crippen LogP contribution in [-0.2, 0) is 23.8 Å². The molecule has 0 N–H and O–H groups in total. The molecule has 2 aliphatic rings. The molecular weight excluding hydrogens is 388 g/mol. The second kappa shape index (κ2) is 7.93. The molecule has 2 aromatic rings. The molecule has 2 aromatic heterocycles. The van der Waals surface area contributed by atoms with E-state index in [1.165, 1.54) is 11.3 Å². The number of hydrogen-bond acceptors (Lipinski definition) is 8. The van der Waals surface area contributed by atoms with Gasteiger partial charge in [-0.05, 0) is 22.9 Å². The number of rotatable bonds is 5. The van der Waals surface area contributed by atoms with Gasteiger partial charge in [-0.1, -0.05) is 12.1 Å². The van der Waals surface area contributed by atoms with Crippen LogP contribution in [0.2, 0.25) is 0 Å². The molecule has 0 bridgehead atoms. The third-order valence-corrected chi connectivity index (χ3v) is 5.91. The van der Waals surface area contributed by atoms with Crippen molar-refractivity contribution >= 4 is 40.3 Å². The summed E-state index contributed by atoms with van der Waals surface area (Å²) in [6.07, 6.45) is 1.83. The first-order valence-corrected chi connectivity index (χ1v) is 10.1. The Kier molecular flexibility index (Phi) is 5.21. The number of thiophene rings is 2. The summed E-state index contributed by atoms with van der Waals surface area (Å²) in [4.78, 5) is 26.8. The van der Waals surface area contributed by atoms with Gasteiger partial charge >= 0.3 is 5.97 Å². The Morgan fingerprint density at radius 2 is 2.07 bits per heavy atom. The summed E-state index contributed by atoms with van der Waals surface area (Å²) in [5.41, 5.74) is 0.856. The minimum atomic E-state index is -0.725. The lowest BCUT2D eigenvalue weighted by Gasteiger charge is -2.20. The zero-order valence-corrected chi connectivity index (χ0v) is 15.8. The largest absolute Gasteiger partial charge is 0.493 e. The van der Waals surface area contributed by atoms with Crippen LogP contribution in [0.5, 0.6) is 0 Å². The Labute approximate surface area is 163 Å². The number of amides is 1. The van der Waals surface area contributed by atoms with E-state index >= 15 is 0 Å². The van der Waals surface area contributed by atoms with Crippen molar-refractivity contribution in [1.82, 2.24) is 5.01 Å². The van der Waals surface area contributed by atoms with Gasteiger partial charge in [0.1, 0.15) is 19.5 Å². The number of ether oxygens (including phenoxy) is 3. The minimum absolute atomic E-state index is 0.0342. The van der Waals surface area contributed by atoms with Crippen LogP contribution < -0.4 is 0 Å². The van der Waals surface area contributed by atoms with Gasteiger partial charge in [-0.25, -0.2) is 9.80 Å². The standard InChI is InChI=1S/C18H16N2O5S2/c21-17(11-25-18(22)14-10-23-5-6-24-14)20-13(16-4-2-8-27-16)9-12(19-20)15-3-1-7-26-15/h1-4,7-8,10,13H,5-6,9,11H2/t13-/m1/s1. The van der Waals surface area contributed by atoms with Gasteiger partial charge in [0.05, 0.1) is 16.6 Å². The average molecular weight is 404 g/mol. The van der Waals surface area contributed by atoms with Crippen LogP contribution in [0.15, 0.2) is 52.1 Å². The molecule has 4 rings (SSSR count). The summed E-state index contributed by atoms with van der Waals surface area (Å²) in [5, 5.41) is 9.87. The molecule has 9 heteroatoms. The predicted molar refractivity (Wildman–Crippen MR) is 100 cm³/mol. The van der Waals surface area contributed by atoms with Crippen molar-refractivity contribution in [3.63, 3.8) is 0 Å². The number of nitrogens with zero attached hydrogens (tertiary/aromatic N) is 2. The van der Waals surface area contributed by atoms with Gasteiger partial charge in [-0.3, -0.25) is 4.79 Å². The molecule has 0 unspecified atom stereocenters. The van der Waals surface area contributed by atoms with E-state index in [0.29, 0.717) is 13.0 Å². The van der Waals surface area contributed by atoms with Gasteiger partial charge in [0.25, 0.3) is 5.91 Å². The Balaban J connectivity index is 1.47. The maximum Gasteiger partial charge on any atom is 0.377 e. The molecule has 27 heavy (non-hydrogen) atoms. The molecule has 1 atom stereocenters. The van der Waals surface area contributed by atoms with E-state index in [0.717, 1.165) is 15.5 Å². The van der Waals surface area contributed by atoms with Crippen molar-refractivity contribution < 1.29 is 23.8 Å². The monoisotopic (exact) mass is 404 g/mol. The third-order valence-electron chi connectivity index (χ3n) is 4.02. The Morgan fingerprint density at radius 3 is 2.78 bits per heavy atom. The van der Waals surface area contributed by atoms with E-state index in [9.17, 15) is 9.59 Å². The molecular formula is C18H16N2O5S2. The highest BCUT2D eigenvalue weighted by Gasteiger charge is 2.34. The summed E-state index contributed by atoms with van der Waals surface area (Å²) < 4.78 is 15.3. The third kappa shape index (κ3) is 3.88. The van der Waals surface area contributed by atoms with Crippen LogP contribution in [0.1, 0.15) is 22.2 Å². The topological polar surface area (TPSA) is 77.4 Å². The van der Waals surface area contributed by atoms with Gasteiger partial charge in [-0.15, -0.1) is 22.7 Å². The van der Waals surface area contributed by atoms with E-state index in [-0.39, 0.29) is 24.3 Å². The van der Waals surface area contributed by atoms with Crippen molar-refractivity contribution in [3.8, 4) is 0 Å². The lowest BCUT2D eigenvalue weighted by molar-refractivity contribution is -0.153. The maximum atomic E-state index is 12.7. The van der Waals surface area contributed by atoms with Crippen molar-refractivity contribution in [1.29, 1.82) is 0 Å². The Bertz CT molecular complexity index is 874. The van der Waals surface area contributed by atoms with E-state index in [2.05, 4.69) is 5.10 Å². The molecule has 4 heterocycles. The first-order chi connectivity index (χ1) is 13.2. The van der Waals surface area contributed by atoms with Crippen LogP contribution in [0.4, 0.5) is 0 Å². The van der Waals surface area contributed by atoms with Crippen LogP contribution in [0.25, 0.3) is 0 Å². The highest BCUT2D eigenvalue weighted by Crippen LogP contribution is 2.35. The van der Waals surface area contributed by atoms with Gasteiger partial charge in [0, 0.05) is 11.3 Å². The van der Waals surface area contributed by atoms with Gasteiger partial charge in [0.15, 0.2) is 6.61 Å². The van der Waals surface area contributed by atoms with E-state index in [1.807, 2.05) is 35.0 Å². The molecule has 1 amide bonds. The summed E-state index contributed by atoms with van der Waals surface area (Å²) in [6, 6.07) is 7.66. The number of carbonyl (C=O) groups excluding carboxylic acids is 2. The lowest BCUT2D eigenvalue weighted by Crippen LogP contribution is -2.31. The van der Waals surface area contributed by atoms with Crippen molar-refractivity contribution in [2.75, 3.05) is 19.8 Å². The fourth-order valence-electron chi connectivity index (χ4n) is 2.77. The van der Waals surface area contributed by atoms with Crippen molar-refractivity contribution in [3.05, 3.63) is 56.8 Å². The molecule has 140 valence electrons. The number of esters is 1. The second-order valence-electron chi connectivity index (χ2n) is 5.78. The maximum absolute atomic E-state index is 12.7. The Morgan fingerprint density at radius 1 is 1.22 bits per heavy atom. The normalized spacial score (nSPS) is 19.0. The van der Waals surface area contributed by atoms with E-state index in [1.54, 1.807) is 22.7 Å². The highest BCUT2D eigenvalue weighted by molar-refractivity contribution is 7.12. The van der Waals surface area contributed by atoms with Crippen LogP contribution in [0.3, 0.4) is 0 Å². The first-order valence-electron chi connectivity index (χ1n) is 8.31. The van der Waals surface area contributed by atoms with Gasteiger partial charge < -0.3 is 14.2 Å². The molecule has 0 aliphatic carbocycles. The number of hydrogen-bond donors (Lipinski definition) is 0. The van der Waals surface area contributed by atoms with Crippen molar-refractivity contribution in [2.24, 2.45) is 5.10 Å². The molecule has 0 fully saturated rings. The molecule has 2 aliphatic heterocycles. The van der Waals surface area contributed by atoms with Crippen LogP contribution >= 0.6 is 22.7 Å². The van der Waals surface area contributed by atoms with Gasteiger partial charge in [0.2, 0.25) is 5.76 Å². The first kappa shape index (κ1) is 17.7. The fraction of sp³-hybridized carbons (Fsp3) is 0.278. The van der Waals surface area contributed by atoms with E-state index < -0.39 is 12.6 Å². The number of hydrazone groups is 1. The van der Waals surface area contributed by atoms with Crippen LogP contribution in [0, 0.1) is 0 Å². The molecule has 0 saturated heterocycles. The van der Waals surface area contributed by atoms with Crippen LogP contribution in [-0.4, -0.2) is 42.4 Å². The lowest BCUT2D eigenvalue weighted by atomic mass is 10.1. The average Bonchev–Trinajstić information content (AvgIpc) is 3.46. The fourth-order valence-corrected chi connectivity index (χ4v) is 4.31. The summed E-state index contributed by atoms with van der Waals surface area (Å²) in [5.74, 6) is -1.14. The molecule has 7 nitrogen and oxygen atoms in total. The summed E-state index contributed by atoms with van der Waals surface area (Å²) >= 11 is 3.15. The molecule has 0 aromatic carbocycles. The summed E-state index contributed by atoms with van der Waals surface area (Å²) in [7, 11) is 0. The SMILES string of the molecule is O=C(OCC(=O)N1N=C(c2cccs2)C[C@@H]1c1cccs1)C1=COCCO1. The number of carbonyl (C=O) groups is 2. The zero-order chi connectivity index (χ0) is 18.6. The summed E-state index contributed by atoms with van der Waals surface area (Å²) in [6.45, 7) is 0.241.